The molecule has 0 aliphatic heterocycles. The van der Waals surface area contributed by atoms with Gasteiger partial charge in [-0.25, -0.2) is 0 Å². The Morgan fingerprint density at radius 3 is 2.57 bits per heavy atom. The Labute approximate surface area is 85.2 Å². The standard InChI is InChI=1S/C13H16O/c1-3-9(4-2)13-10-5-7-11(13)12(14)8-6-10/h5-8,10-11H,3-4H2,1-2H3. The molecule has 2 aliphatic rings. The third kappa shape index (κ3) is 1.28. The number of fused-ring (bicyclic) bond motifs is 2. The predicted octanol–water partition coefficient (Wildman–Crippen LogP) is 3.04. The van der Waals surface area contributed by atoms with E-state index in [9.17, 15) is 4.79 Å². The summed E-state index contributed by atoms with van der Waals surface area (Å²) in [6.45, 7) is 4.35. The summed E-state index contributed by atoms with van der Waals surface area (Å²) in [6.07, 6.45) is 10.1. The number of rotatable bonds is 2. The Hall–Kier alpha value is -1.11. The van der Waals surface area contributed by atoms with Gasteiger partial charge in [0.15, 0.2) is 5.78 Å². The highest BCUT2D eigenvalue weighted by Gasteiger charge is 2.32. The van der Waals surface area contributed by atoms with Crippen molar-refractivity contribution < 1.29 is 4.79 Å². The van der Waals surface area contributed by atoms with E-state index in [2.05, 4.69) is 26.0 Å². The van der Waals surface area contributed by atoms with Crippen LogP contribution in [0, 0.1) is 11.8 Å². The maximum atomic E-state index is 11.6. The number of hydrogen-bond donors (Lipinski definition) is 0. The van der Waals surface area contributed by atoms with Gasteiger partial charge >= 0.3 is 0 Å². The van der Waals surface area contributed by atoms with E-state index < -0.39 is 0 Å². The zero-order valence-corrected chi connectivity index (χ0v) is 8.79. The number of carbonyl (C=O) groups excluding carboxylic acids is 1. The molecule has 2 bridgehead atoms. The monoisotopic (exact) mass is 188 g/mol. The van der Waals surface area contributed by atoms with E-state index in [0.29, 0.717) is 5.92 Å². The molecule has 0 aromatic carbocycles. The minimum Gasteiger partial charge on any atom is -0.294 e. The molecule has 2 rings (SSSR count). The van der Waals surface area contributed by atoms with E-state index in [1.165, 1.54) is 11.1 Å². The highest BCUT2D eigenvalue weighted by Crippen LogP contribution is 2.39. The van der Waals surface area contributed by atoms with E-state index in [1.807, 2.05) is 6.08 Å². The molecule has 2 aliphatic carbocycles. The van der Waals surface area contributed by atoms with Crippen molar-refractivity contribution in [2.45, 2.75) is 26.7 Å². The topological polar surface area (TPSA) is 17.1 Å². The quantitative estimate of drug-likeness (QED) is 0.609. The largest absolute Gasteiger partial charge is 0.294 e. The van der Waals surface area contributed by atoms with Gasteiger partial charge in [0, 0.05) is 5.92 Å². The van der Waals surface area contributed by atoms with Crippen LogP contribution < -0.4 is 0 Å². The van der Waals surface area contributed by atoms with Crippen LogP contribution in [-0.2, 0) is 4.79 Å². The summed E-state index contributed by atoms with van der Waals surface area (Å²) in [5, 5.41) is 0. The van der Waals surface area contributed by atoms with Gasteiger partial charge in [-0.05, 0) is 24.5 Å². The predicted molar refractivity (Wildman–Crippen MR) is 57.9 cm³/mol. The molecule has 0 heterocycles. The Balaban J connectivity index is 2.45. The van der Waals surface area contributed by atoms with E-state index >= 15 is 0 Å². The molecule has 2 unspecified atom stereocenters. The number of hydrogen-bond acceptors (Lipinski definition) is 1. The molecular weight excluding hydrogens is 172 g/mol. The van der Waals surface area contributed by atoms with E-state index in [0.717, 1.165) is 12.8 Å². The summed E-state index contributed by atoms with van der Waals surface area (Å²) in [6, 6.07) is 0. The number of ketones is 1. The lowest BCUT2D eigenvalue weighted by molar-refractivity contribution is -0.116. The van der Waals surface area contributed by atoms with E-state index in [1.54, 1.807) is 6.08 Å². The van der Waals surface area contributed by atoms with Gasteiger partial charge in [-0.15, -0.1) is 0 Å². The van der Waals surface area contributed by atoms with E-state index in [-0.39, 0.29) is 11.7 Å². The molecule has 0 aromatic rings. The van der Waals surface area contributed by atoms with Crippen LogP contribution in [0.3, 0.4) is 0 Å². The van der Waals surface area contributed by atoms with Crippen LogP contribution in [0.1, 0.15) is 26.7 Å². The molecular formula is C13H16O. The summed E-state index contributed by atoms with van der Waals surface area (Å²) >= 11 is 0. The van der Waals surface area contributed by atoms with Crippen LogP contribution in [0.5, 0.6) is 0 Å². The van der Waals surface area contributed by atoms with Crippen LogP contribution in [0.2, 0.25) is 0 Å². The second kappa shape index (κ2) is 3.56. The Morgan fingerprint density at radius 1 is 1.21 bits per heavy atom. The van der Waals surface area contributed by atoms with Crippen LogP contribution >= 0.6 is 0 Å². The maximum Gasteiger partial charge on any atom is 0.166 e. The van der Waals surface area contributed by atoms with Crippen molar-refractivity contribution in [3.8, 4) is 0 Å². The zero-order valence-electron chi connectivity index (χ0n) is 8.79. The summed E-state index contributed by atoms with van der Waals surface area (Å²) in [4.78, 5) is 11.6. The highest BCUT2D eigenvalue weighted by atomic mass is 16.1. The fourth-order valence-corrected chi connectivity index (χ4v) is 2.48. The molecule has 74 valence electrons. The number of carbonyl (C=O) groups is 1. The molecule has 0 saturated carbocycles. The lowest BCUT2D eigenvalue weighted by Crippen LogP contribution is -2.18. The average molecular weight is 188 g/mol. The van der Waals surface area contributed by atoms with Gasteiger partial charge in [0.05, 0.1) is 5.92 Å². The van der Waals surface area contributed by atoms with Crippen LogP contribution in [-0.4, -0.2) is 5.78 Å². The van der Waals surface area contributed by atoms with Gasteiger partial charge in [0.25, 0.3) is 0 Å². The average Bonchev–Trinajstić information content (AvgIpc) is 2.51. The van der Waals surface area contributed by atoms with E-state index in [4.69, 9.17) is 0 Å². The van der Waals surface area contributed by atoms with Crippen LogP contribution in [0.4, 0.5) is 0 Å². The van der Waals surface area contributed by atoms with Crippen molar-refractivity contribution in [2.75, 3.05) is 0 Å². The smallest absolute Gasteiger partial charge is 0.166 e. The van der Waals surface area contributed by atoms with Gasteiger partial charge in [-0.2, -0.15) is 0 Å². The molecule has 0 amide bonds. The van der Waals surface area contributed by atoms with Gasteiger partial charge in [0.2, 0.25) is 0 Å². The lowest BCUT2D eigenvalue weighted by atomic mass is 9.82. The first-order chi connectivity index (χ1) is 6.77. The summed E-state index contributed by atoms with van der Waals surface area (Å²) in [5.74, 6) is 0.733. The van der Waals surface area contributed by atoms with Gasteiger partial charge in [0.1, 0.15) is 0 Å². The minimum absolute atomic E-state index is 0.0694. The first-order valence-electron chi connectivity index (χ1n) is 5.40. The molecule has 14 heavy (non-hydrogen) atoms. The second-order valence-corrected chi connectivity index (χ2v) is 3.92. The molecule has 0 saturated heterocycles. The molecule has 1 nitrogen and oxygen atoms in total. The first kappa shape index (κ1) is 9.45. The maximum absolute atomic E-state index is 11.6. The number of allylic oxidation sites excluding steroid dienone is 6. The fraction of sp³-hybridized carbons (Fsp3) is 0.462. The molecule has 0 fully saturated rings. The van der Waals surface area contributed by atoms with Gasteiger partial charge < -0.3 is 0 Å². The Morgan fingerprint density at radius 2 is 1.93 bits per heavy atom. The third-order valence-corrected chi connectivity index (χ3v) is 3.24. The minimum atomic E-state index is 0.0694. The Kier molecular flexibility index (Phi) is 2.40. The normalized spacial score (nSPS) is 28.7. The van der Waals surface area contributed by atoms with Crippen molar-refractivity contribution in [3.05, 3.63) is 35.5 Å². The van der Waals surface area contributed by atoms with Gasteiger partial charge in [-0.3, -0.25) is 4.79 Å². The zero-order chi connectivity index (χ0) is 10.1. The SMILES string of the molecule is CCC(CC)=C1C2C=CC(=O)C1C=C2. The Bertz CT molecular complexity index is 338. The molecule has 2 atom stereocenters. The van der Waals surface area contributed by atoms with Gasteiger partial charge in [-0.1, -0.05) is 37.6 Å². The van der Waals surface area contributed by atoms with Crippen molar-refractivity contribution in [1.29, 1.82) is 0 Å². The van der Waals surface area contributed by atoms with Crippen molar-refractivity contribution in [2.24, 2.45) is 11.8 Å². The second-order valence-electron chi connectivity index (χ2n) is 3.92. The van der Waals surface area contributed by atoms with Crippen molar-refractivity contribution >= 4 is 5.78 Å². The van der Waals surface area contributed by atoms with Crippen molar-refractivity contribution in [1.82, 2.24) is 0 Å². The summed E-state index contributed by atoms with van der Waals surface area (Å²) in [5.41, 5.74) is 2.82. The first-order valence-corrected chi connectivity index (χ1v) is 5.40. The highest BCUT2D eigenvalue weighted by molar-refractivity contribution is 5.98. The van der Waals surface area contributed by atoms with Crippen molar-refractivity contribution in [3.63, 3.8) is 0 Å². The van der Waals surface area contributed by atoms with Crippen LogP contribution in [0.15, 0.2) is 35.5 Å². The summed E-state index contributed by atoms with van der Waals surface area (Å²) in [7, 11) is 0. The lowest BCUT2D eigenvalue weighted by Gasteiger charge is -2.21. The molecule has 0 radical (unpaired) electrons. The molecule has 1 heteroatoms. The molecule has 0 spiro atoms. The molecule has 0 aromatic heterocycles. The fourth-order valence-electron chi connectivity index (χ4n) is 2.48. The third-order valence-electron chi connectivity index (χ3n) is 3.24. The summed E-state index contributed by atoms with van der Waals surface area (Å²) < 4.78 is 0. The molecule has 0 N–H and O–H groups in total. The van der Waals surface area contributed by atoms with Crippen LogP contribution in [0.25, 0.3) is 0 Å².